The number of nitrogens with one attached hydrogen (secondary N) is 1. The number of amides is 2. The topological polar surface area (TPSA) is 57.6 Å². The van der Waals surface area contributed by atoms with E-state index in [1.165, 1.54) is 0 Å². The van der Waals surface area contributed by atoms with E-state index in [0.29, 0.717) is 38.3 Å². The summed E-state index contributed by atoms with van der Waals surface area (Å²) in [4.78, 5) is 29.6. The predicted molar refractivity (Wildman–Crippen MR) is 127 cm³/mol. The molecule has 0 atom stereocenters. The second-order valence-corrected chi connectivity index (χ2v) is 8.47. The predicted octanol–water partition coefficient (Wildman–Crippen LogP) is 3.80. The molecule has 2 heterocycles. The molecule has 1 fully saturated rings. The molecule has 1 aromatic heterocycles. The SMILES string of the molecule is Cc1ccc(C(=O)N2CCN(CC(=O)Nc3c(C)cccc3C)CC2)cc1-n1cccc1. The van der Waals surface area contributed by atoms with Gasteiger partial charge in [0.2, 0.25) is 5.91 Å². The van der Waals surface area contributed by atoms with Crippen molar-refractivity contribution >= 4 is 17.5 Å². The van der Waals surface area contributed by atoms with E-state index in [2.05, 4.69) is 10.2 Å². The van der Waals surface area contributed by atoms with Gasteiger partial charge >= 0.3 is 0 Å². The van der Waals surface area contributed by atoms with Gasteiger partial charge < -0.3 is 14.8 Å². The van der Waals surface area contributed by atoms with E-state index in [1.54, 1.807) is 0 Å². The van der Waals surface area contributed by atoms with Crippen molar-refractivity contribution in [1.82, 2.24) is 14.4 Å². The highest BCUT2D eigenvalue weighted by Gasteiger charge is 2.24. The molecular weight excluding hydrogens is 400 g/mol. The number of carbonyl (C=O) groups is 2. The molecule has 1 aliphatic rings. The highest BCUT2D eigenvalue weighted by atomic mass is 16.2. The molecule has 1 aliphatic heterocycles. The van der Waals surface area contributed by atoms with Gasteiger partial charge in [-0.3, -0.25) is 14.5 Å². The van der Waals surface area contributed by atoms with Crippen molar-refractivity contribution in [1.29, 1.82) is 0 Å². The van der Waals surface area contributed by atoms with Crippen molar-refractivity contribution in [2.24, 2.45) is 0 Å². The zero-order valence-corrected chi connectivity index (χ0v) is 19.0. The molecule has 0 saturated carbocycles. The van der Waals surface area contributed by atoms with Gasteiger partial charge in [-0.15, -0.1) is 0 Å². The fourth-order valence-corrected chi connectivity index (χ4v) is 4.20. The van der Waals surface area contributed by atoms with Gasteiger partial charge in [-0.05, 0) is 61.7 Å². The van der Waals surface area contributed by atoms with Crippen LogP contribution < -0.4 is 5.32 Å². The van der Waals surface area contributed by atoms with E-state index in [-0.39, 0.29) is 11.8 Å². The summed E-state index contributed by atoms with van der Waals surface area (Å²) >= 11 is 0. The lowest BCUT2D eigenvalue weighted by Gasteiger charge is -2.34. The minimum atomic E-state index is -0.0166. The molecule has 166 valence electrons. The highest BCUT2D eigenvalue weighted by molar-refractivity contribution is 5.95. The number of benzene rings is 2. The van der Waals surface area contributed by atoms with E-state index >= 15 is 0 Å². The van der Waals surface area contributed by atoms with Crippen LogP contribution in [0.2, 0.25) is 0 Å². The minimum absolute atomic E-state index is 0.0166. The lowest BCUT2D eigenvalue weighted by atomic mass is 10.1. The van der Waals surface area contributed by atoms with Gasteiger partial charge in [0.1, 0.15) is 0 Å². The Bertz CT molecular complexity index is 1090. The molecule has 4 rings (SSSR count). The molecule has 32 heavy (non-hydrogen) atoms. The van der Waals surface area contributed by atoms with Crippen LogP contribution in [0.1, 0.15) is 27.0 Å². The fraction of sp³-hybridized carbons (Fsp3) is 0.308. The Labute approximate surface area is 189 Å². The Kier molecular flexibility index (Phi) is 6.42. The Hall–Kier alpha value is -3.38. The van der Waals surface area contributed by atoms with Gasteiger partial charge in [0.15, 0.2) is 0 Å². The number of hydrogen-bond acceptors (Lipinski definition) is 3. The molecule has 2 amide bonds. The van der Waals surface area contributed by atoms with Crippen LogP contribution >= 0.6 is 0 Å². The number of aromatic nitrogens is 1. The molecule has 3 aromatic rings. The summed E-state index contributed by atoms with van der Waals surface area (Å²) in [5.41, 5.74) is 5.85. The summed E-state index contributed by atoms with van der Waals surface area (Å²) in [6.45, 7) is 8.97. The standard InChI is InChI=1S/C26H30N4O2/c1-19-9-10-22(17-23(19)29-11-4-5-12-29)26(32)30-15-13-28(14-16-30)18-24(31)27-25-20(2)7-6-8-21(25)3/h4-12,17H,13-16,18H2,1-3H3,(H,27,31). The van der Waals surface area contributed by atoms with E-state index in [1.807, 2.05) is 91.2 Å². The van der Waals surface area contributed by atoms with Crippen LogP contribution in [-0.2, 0) is 4.79 Å². The van der Waals surface area contributed by atoms with E-state index in [0.717, 1.165) is 28.1 Å². The maximum atomic E-state index is 13.1. The summed E-state index contributed by atoms with van der Waals surface area (Å²) in [5, 5.41) is 3.05. The monoisotopic (exact) mass is 430 g/mol. The molecule has 6 nitrogen and oxygen atoms in total. The zero-order chi connectivity index (χ0) is 22.7. The molecular formula is C26H30N4O2. The van der Waals surface area contributed by atoms with Gasteiger partial charge in [0, 0.05) is 55.5 Å². The minimum Gasteiger partial charge on any atom is -0.336 e. The van der Waals surface area contributed by atoms with Crippen molar-refractivity contribution in [2.75, 3.05) is 38.0 Å². The Morgan fingerprint density at radius 1 is 0.844 bits per heavy atom. The van der Waals surface area contributed by atoms with Crippen LogP contribution in [0.3, 0.4) is 0 Å². The van der Waals surface area contributed by atoms with E-state index in [9.17, 15) is 9.59 Å². The number of rotatable bonds is 5. The molecule has 1 saturated heterocycles. The first kappa shape index (κ1) is 21.8. The molecule has 2 aromatic carbocycles. The zero-order valence-electron chi connectivity index (χ0n) is 19.0. The molecule has 0 aliphatic carbocycles. The summed E-state index contributed by atoms with van der Waals surface area (Å²) in [6.07, 6.45) is 3.97. The van der Waals surface area contributed by atoms with Crippen LogP contribution in [0.5, 0.6) is 0 Å². The van der Waals surface area contributed by atoms with Crippen LogP contribution in [0.25, 0.3) is 5.69 Å². The van der Waals surface area contributed by atoms with Crippen LogP contribution in [0, 0.1) is 20.8 Å². The third-order valence-electron chi connectivity index (χ3n) is 6.11. The van der Waals surface area contributed by atoms with E-state index < -0.39 is 0 Å². The number of hydrogen-bond donors (Lipinski definition) is 1. The van der Waals surface area contributed by atoms with Crippen molar-refractivity contribution in [3.8, 4) is 5.69 Å². The number of para-hydroxylation sites is 1. The van der Waals surface area contributed by atoms with E-state index in [4.69, 9.17) is 0 Å². The quantitative estimate of drug-likeness (QED) is 0.670. The second-order valence-electron chi connectivity index (χ2n) is 8.47. The number of carbonyl (C=O) groups excluding carboxylic acids is 2. The molecule has 6 heteroatoms. The maximum absolute atomic E-state index is 13.1. The highest BCUT2D eigenvalue weighted by Crippen LogP contribution is 2.20. The van der Waals surface area contributed by atoms with Crippen molar-refractivity contribution in [3.63, 3.8) is 0 Å². The summed E-state index contributed by atoms with van der Waals surface area (Å²) in [6, 6.07) is 15.8. The molecule has 0 spiro atoms. The first-order valence-corrected chi connectivity index (χ1v) is 11.0. The van der Waals surface area contributed by atoms with Gasteiger partial charge in [0.25, 0.3) is 5.91 Å². The van der Waals surface area contributed by atoms with Gasteiger partial charge in [-0.2, -0.15) is 0 Å². The maximum Gasteiger partial charge on any atom is 0.254 e. The Morgan fingerprint density at radius 3 is 2.16 bits per heavy atom. The molecule has 0 radical (unpaired) electrons. The number of nitrogens with zero attached hydrogens (tertiary/aromatic N) is 3. The Balaban J connectivity index is 1.34. The van der Waals surface area contributed by atoms with Gasteiger partial charge in [-0.1, -0.05) is 24.3 Å². The summed E-state index contributed by atoms with van der Waals surface area (Å²) in [7, 11) is 0. The van der Waals surface area contributed by atoms with Crippen molar-refractivity contribution in [3.05, 3.63) is 83.2 Å². The average Bonchev–Trinajstić information content (AvgIpc) is 3.31. The lowest BCUT2D eigenvalue weighted by molar-refractivity contribution is -0.117. The van der Waals surface area contributed by atoms with Crippen molar-refractivity contribution < 1.29 is 9.59 Å². The second kappa shape index (κ2) is 9.40. The van der Waals surface area contributed by atoms with Crippen LogP contribution in [-0.4, -0.2) is 58.9 Å². The first-order chi connectivity index (χ1) is 15.4. The average molecular weight is 431 g/mol. The van der Waals surface area contributed by atoms with Crippen molar-refractivity contribution in [2.45, 2.75) is 20.8 Å². The smallest absolute Gasteiger partial charge is 0.254 e. The number of aryl methyl sites for hydroxylation is 3. The molecule has 0 unspecified atom stereocenters. The van der Waals surface area contributed by atoms with Gasteiger partial charge in [0.05, 0.1) is 6.54 Å². The molecule has 0 bridgehead atoms. The number of anilines is 1. The van der Waals surface area contributed by atoms with Crippen LogP contribution in [0.4, 0.5) is 5.69 Å². The van der Waals surface area contributed by atoms with Crippen LogP contribution in [0.15, 0.2) is 60.9 Å². The summed E-state index contributed by atoms with van der Waals surface area (Å²) < 4.78 is 2.03. The Morgan fingerprint density at radius 2 is 1.50 bits per heavy atom. The first-order valence-electron chi connectivity index (χ1n) is 11.0. The third-order valence-corrected chi connectivity index (χ3v) is 6.11. The normalized spacial score (nSPS) is 14.4. The summed E-state index contributed by atoms with van der Waals surface area (Å²) in [5.74, 6) is 0.0233. The third kappa shape index (κ3) is 4.75. The molecule has 1 N–H and O–H groups in total. The van der Waals surface area contributed by atoms with Gasteiger partial charge in [-0.25, -0.2) is 0 Å². The lowest BCUT2D eigenvalue weighted by Crippen LogP contribution is -2.50. The number of piperazine rings is 1. The largest absolute Gasteiger partial charge is 0.336 e. The fourth-order valence-electron chi connectivity index (χ4n) is 4.20.